The molecule has 0 atom stereocenters. The topological polar surface area (TPSA) is 22.9 Å². The SMILES string of the molecule is CC1(C)c2ccccc2-c2cc(N(c3cccc4c3C3(c5ccccc5-4)C4CC5CC(C4)CC3C5)c3cccc4ccccc34)ccc21.c1ccc(-c2cccc(N(c3cccc4c3C3(c5ccccc5-4)C4CC5CC(C4)CC3C5)c3cccc4oc5ccccc5c34)c2)cc1.c1ccc2c(c1)-c1cccc(N(c3ccc4c(ccc5ccccc54)c3)c3cccc4ccccc34)c1C21C2CC3CC(C2)CC1C3. The van der Waals surface area contributed by atoms with E-state index in [1.54, 1.807) is 33.4 Å². The Hall–Kier alpha value is -14.6. The van der Waals surface area contributed by atoms with E-state index < -0.39 is 0 Å². The van der Waals surface area contributed by atoms with Crippen molar-refractivity contribution in [3.8, 4) is 55.6 Å². The first-order valence-electron chi connectivity index (χ1n) is 53.9. The molecule has 692 valence electrons. The number of rotatable bonds is 10. The van der Waals surface area contributed by atoms with Gasteiger partial charge < -0.3 is 19.1 Å². The van der Waals surface area contributed by atoms with Crippen molar-refractivity contribution in [3.05, 3.63) is 451 Å². The third kappa shape index (κ3) is 11.9. The molecule has 19 aromatic carbocycles. The molecule has 16 aliphatic carbocycles. The van der Waals surface area contributed by atoms with Crippen LogP contribution in [-0.4, -0.2) is 0 Å². The van der Waals surface area contributed by atoms with Crippen LogP contribution >= 0.6 is 0 Å². The van der Waals surface area contributed by atoms with Crippen molar-refractivity contribution in [2.75, 3.05) is 14.7 Å². The molecule has 0 radical (unpaired) electrons. The van der Waals surface area contributed by atoms with Crippen LogP contribution in [0.1, 0.15) is 155 Å². The molecule has 36 rings (SSSR count). The van der Waals surface area contributed by atoms with Crippen LogP contribution in [0.4, 0.5) is 51.2 Å². The van der Waals surface area contributed by atoms with Crippen molar-refractivity contribution in [1.29, 1.82) is 0 Å². The number of nitrogens with zero attached hydrogens (tertiary/aromatic N) is 3. The predicted molar refractivity (Wildman–Crippen MR) is 593 cm³/mol. The van der Waals surface area contributed by atoms with Gasteiger partial charge in [-0.1, -0.05) is 335 Å². The van der Waals surface area contributed by atoms with Crippen LogP contribution in [0.25, 0.3) is 121 Å². The summed E-state index contributed by atoms with van der Waals surface area (Å²) in [5, 5.41) is 12.7. The number of hydrogen-bond donors (Lipinski definition) is 0. The van der Waals surface area contributed by atoms with Crippen molar-refractivity contribution in [3.63, 3.8) is 0 Å². The van der Waals surface area contributed by atoms with E-state index in [-0.39, 0.29) is 21.7 Å². The van der Waals surface area contributed by atoms with Crippen LogP contribution in [0.2, 0.25) is 0 Å². The molecule has 12 fully saturated rings. The van der Waals surface area contributed by atoms with Crippen LogP contribution in [0, 0.1) is 71.0 Å². The van der Waals surface area contributed by atoms with E-state index in [1.807, 2.05) is 0 Å². The molecule has 0 amide bonds. The van der Waals surface area contributed by atoms with Crippen molar-refractivity contribution in [2.24, 2.45) is 71.0 Å². The number of hydrogen-bond acceptors (Lipinski definition) is 4. The molecule has 1 heterocycles. The zero-order valence-electron chi connectivity index (χ0n) is 81.5. The van der Waals surface area contributed by atoms with Gasteiger partial charge in [0.25, 0.3) is 0 Å². The van der Waals surface area contributed by atoms with Gasteiger partial charge in [0.1, 0.15) is 11.2 Å². The first kappa shape index (κ1) is 83.1. The van der Waals surface area contributed by atoms with Crippen molar-refractivity contribution in [1.82, 2.24) is 0 Å². The fourth-order valence-electron chi connectivity index (χ4n) is 34.5. The summed E-state index contributed by atoms with van der Waals surface area (Å²) in [6.07, 6.45) is 20.9. The predicted octanol–water partition coefficient (Wildman–Crippen LogP) is 37.1. The Balaban J connectivity index is 0.0000000981. The summed E-state index contributed by atoms with van der Waals surface area (Å²) in [6, 6.07) is 154. The van der Waals surface area contributed by atoms with Crippen molar-refractivity contribution in [2.45, 2.75) is 132 Å². The lowest BCUT2D eigenvalue weighted by molar-refractivity contribution is -0.0397. The maximum absolute atomic E-state index is 6.51. The molecule has 12 saturated carbocycles. The second-order valence-corrected chi connectivity index (χ2v) is 46.0. The molecule has 0 saturated heterocycles. The minimum absolute atomic E-state index is 0.0190. The second kappa shape index (κ2) is 31.5. The highest BCUT2D eigenvalue weighted by atomic mass is 16.3. The van der Waals surface area contributed by atoms with Gasteiger partial charge in [-0.2, -0.15) is 0 Å². The van der Waals surface area contributed by atoms with Gasteiger partial charge in [-0.05, 0) is 385 Å². The number of para-hydroxylation sites is 1. The van der Waals surface area contributed by atoms with Crippen LogP contribution in [0.5, 0.6) is 0 Å². The first-order chi connectivity index (χ1) is 70.6. The summed E-state index contributed by atoms with van der Waals surface area (Å²) in [4.78, 5) is 7.89. The van der Waals surface area contributed by atoms with Crippen molar-refractivity contribution >= 4 is 116 Å². The molecular formula is C139H115N3O. The normalized spacial score (nSPS) is 25.4. The van der Waals surface area contributed by atoms with Crippen LogP contribution < -0.4 is 14.7 Å². The van der Waals surface area contributed by atoms with Crippen LogP contribution in [0.15, 0.2) is 411 Å². The number of furan rings is 1. The standard InChI is InChI=1S/C47H41N.C46H37NO.C46H37N/c1-46(2)40-17-7-5-15-37(40)39-28-34(21-22-41(39)46)48(43-19-9-12-31-11-3-4-13-35(31)43)44-20-10-16-38-36-14-6-8-18-42(36)47(45(38)44)32-24-29-23-30(26-32)27-33(47)25-29;1-2-11-31(12-3-1)32-13-8-14-35(28-32)47(40-19-10-22-43-44(40)38-16-5-7-21-42(38)48-43)41-20-9-17-37-36-15-4-6-18-39(36)46(45(37)41)33-24-29-23-30(26-33)27-34(46)25-29;1-3-12-37-32(10-1)19-20-33-28-36(21-22-38(33)37)47(43-17-7-11-31-9-2-4-13-39(31)43)44-18-8-15-41-40-14-5-6-16-42(40)46(45(41)44)34-24-29-23-30(26-34)27-35(46)25-29/h3-22,28-30,32-33H,23-27H2,1-2H3;1-22,28-30,33-34H,23-27H2;1-22,28-30,34-35H,23-27H2. The fraction of sp³-hybridized carbons (Fsp3) is 0.237. The van der Waals surface area contributed by atoms with E-state index in [9.17, 15) is 0 Å². The lowest BCUT2D eigenvalue weighted by Crippen LogP contribution is -2.55. The number of fused-ring (bicyclic) bond motifs is 20. The van der Waals surface area contributed by atoms with Gasteiger partial charge >= 0.3 is 0 Å². The molecule has 0 unspecified atom stereocenters. The molecule has 4 nitrogen and oxygen atoms in total. The molecule has 12 bridgehead atoms. The van der Waals surface area contributed by atoms with Gasteiger partial charge in [0.2, 0.25) is 0 Å². The van der Waals surface area contributed by atoms with E-state index in [0.717, 1.165) is 52.1 Å². The molecule has 20 aromatic rings. The monoisotopic (exact) mass is 1840 g/mol. The minimum Gasteiger partial charge on any atom is -0.456 e. The maximum Gasteiger partial charge on any atom is 0.137 e. The highest BCUT2D eigenvalue weighted by molar-refractivity contribution is 6.15. The zero-order valence-corrected chi connectivity index (χ0v) is 81.5. The number of anilines is 9. The Kier molecular flexibility index (Phi) is 18.3. The van der Waals surface area contributed by atoms with E-state index in [0.29, 0.717) is 35.5 Å². The molecule has 0 N–H and O–H groups in total. The van der Waals surface area contributed by atoms with Gasteiger partial charge in [0, 0.05) is 54.9 Å². The molecule has 16 aliphatic rings. The summed E-state index contributed by atoms with van der Waals surface area (Å²) in [7, 11) is 0. The highest BCUT2D eigenvalue weighted by Gasteiger charge is 2.66. The Morgan fingerprint density at radius 1 is 0.203 bits per heavy atom. The smallest absolute Gasteiger partial charge is 0.137 e. The zero-order chi connectivity index (χ0) is 93.9. The highest BCUT2D eigenvalue weighted by Crippen LogP contribution is 2.76. The molecular weight excluding hydrogens is 1730 g/mol. The largest absolute Gasteiger partial charge is 0.456 e. The van der Waals surface area contributed by atoms with Gasteiger partial charge in [-0.3, -0.25) is 0 Å². The quantitative estimate of drug-likeness (QED) is 0.127. The fourth-order valence-corrected chi connectivity index (χ4v) is 34.5. The van der Waals surface area contributed by atoms with Gasteiger partial charge in [0.05, 0.1) is 39.5 Å². The molecule has 3 spiro atoms. The Morgan fingerprint density at radius 3 is 1.03 bits per heavy atom. The van der Waals surface area contributed by atoms with Crippen LogP contribution in [-0.2, 0) is 21.7 Å². The Labute approximate surface area is 838 Å². The molecule has 143 heavy (non-hydrogen) atoms. The number of benzene rings is 19. The summed E-state index contributed by atoms with van der Waals surface area (Å²) in [5.74, 6) is 9.63. The first-order valence-corrected chi connectivity index (χ1v) is 53.9. The molecule has 1 aromatic heterocycles. The van der Waals surface area contributed by atoms with Gasteiger partial charge in [-0.15, -0.1) is 0 Å². The lowest BCUT2D eigenvalue weighted by atomic mass is 9.43. The summed E-state index contributed by atoms with van der Waals surface area (Å²) < 4.78 is 6.51. The summed E-state index contributed by atoms with van der Waals surface area (Å²) in [5.41, 5.74) is 39.8. The van der Waals surface area contributed by atoms with Crippen LogP contribution in [0.3, 0.4) is 0 Å². The van der Waals surface area contributed by atoms with Crippen molar-refractivity contribution < 1.29 is 4.42 Å². The van der Waals surface area contributed by atoms with E-state index in [1.165, 1.54) is 263 Å². The summed E-state index contributed by atoms with van der Waals surface area (Å²) in [6.45, 7) is 4.77. The minimum atomic E-state index is -0.0190. The lowest BCUT2D eigenvalue weighted by Gasteiger charge is -2.61. The molecule has 0 aliphatic heterocycles. The van der Waals surface area contributed by atoms with E-state index >= 15 is 0 Å². The third-order valence-corrected chi connectivity index (χ3v) is 39.0. The Morgan fingerprint density at radius 2 is 0.524 bits per heavy atom. The third-order valence-electron chi connectivity index (χ3n) is 39.0. The Bertz CT molecular complexity index is 8580. The van der Waals surface area contributed by atoms with Gasteiger partial charge in [-0.25, -0.2) is 0 Å². The van der Waals surface area contributed by atoms with E-state index in [4.69, 9.17) is 4.42 Å². The molecule has 4 heteroatoms. The van der Waals surface area contributed by atoms with E-state index in [2.05, 4.69) is 435 Å². The average molecular weight is 1840 g/mol. The maximum atomic E-state index is 6.51. The van der Waals surface area contributed by atoms with Gasteiger partial charge in [0.15, 0.2) is 0 Å². The second-order valence-electron chi connectivity index (χ2n) is 46.0. The average Bonchev–Trinajstić information content (AvgIpc) is 1.53. The summed E-state index contributed by atoms with van der Waals surface area (Å²) >= 11 is 0.